The fraction of sp³-hybridized carbons (Fsp3) is 0.476. The molecular formula is C21H25N3O4. The van der Waals surface area contributed by atoms with Gasteiger partial charge < -0.3 is 19.1 Å². The van der Waals surface area contributed by atoms with Crippen LogP contribution in [0.3, 0.4) is 0 Å². The Morgan fingerprint density at radius 2 is 1.86 bits per heavy atom. The lowest BCUT2D eigenvalue weighted by molar-refractivity contribution is -0.140. The summed E-state index contributed by atoms with van der Waals surface area (Å²) in [6.07, 6.45) is 5.17. The molecular weight excluding hydrogens is 358 g/mol. The van der Waals surface area contributed by atoms with Crippen molar-refractivity contribution in [2.75, 3.05) is 33.4 Å². The van der Waals surface area contributed by atoms with Crippen molar-refractivity contribution in [2.45, 2.75) is 30.8 Å². The van der Waals surface area contributed by atoms with E-state index in [2.05, 4.69) is 22.1 Å². The van der Waals surface area contributed by atoms with Gasteiger partial charge in [-0.05, 0) is 18.4 Å². The van der Waals surface area contributed by atoms with Gasteiger partial charge in [0.15, 0.2) is 0 Å². The number of methoxy groups -OCH3 is 1. The molecule has 0 bridgehead atoms. The van der Waals surface area contributed by atoms with Crippen LogP contribution in [-0.4, -0.2) is 60.3 Å². The third kappa shape index (κ3) is 3.54. The average Bonchev–Trinajstić information content (AvgIpc) is 3.23. The molecule has 4 rings (SSSR count). The molecule has 0 spiro atoms. The minimum absolute atomic E-state index is 0.123. The molecule has 3 heterocycles. The molecule has 28 heavy (non-hydrogen) atoms. The number of benzene rings is 1. The van der Waals surface area contributed by atoms with Crippen LogP contribution in [0, 0.1) is 0 Å². The molecule has 2 aliphatic rings. The van der Waals surface area contributed by atoms with Crippen LogP contribution in [0.2, 0.25) is 0 Å². The molecule has 1 atom stereocenters. The van der Waals surface area contributed by atoms with E-state index in [4.69, 9.17) is 14.2 Å². The zero-order chi connectivity index (χ0) is 19.4. The van der Waals surface area contributed by atoms with E-state index < -0.39 is 5.41 Å². The lowest BCUT2D eigenvalue weighted by atomic mass is 9.73. The minimum Gasteiger partial charge on any atom is -0.477 e. The van der Waals surface area contributed by atoms with Crippen LogP contribution in [0.25, 0.3) is 0 Å². The molecule has 0 unspecified atom stereocenters. The summed E-state index contributed by atoms with van der Waals surface area (Å²) in [5.74, 6) is 0.893. The first kappa shape index (κ1) is 18.7. The highest BCUT2D eigenvalue weighted by Gasteiger charge is 2.45. The van der Waals surface area contributed by atoms with Gasteiger partial charge in [-0.3, -0.25) is 4.79 Å². The normalized spacial score (nSPS) is 21.3. The van der Waals surface area contributed by atoms with Crippen molar-refractivity contribution in [1.29, 1.82) is 0 Å². The van der Waals surface area contributed by atoms with Gasteiger partial charge in [-0.25, -0.2) is 9.97 Å². The van der Waals surface area contributed by atoms with Gasteiger partial charge in [0, 0.05) is 38.6 Å². The van der Waals surface area contributed by atoms with Gasteiger partial charge in [-0.2, -0.15) is 0 Å². The van der Waals surface area contributed by atoms with E-state index in [1.54, 1.807) is 12.4 Å². The molecule has 0 saturated carbocycles. The molecule has 1 amide bonds. The summed E-state index contributed by atoms with van der Waals surface area (Å²) in [5, 5.41) is 0. The molecule has 2 aliphatic heterocycles. The maximum Gasteiger partial charge on any atom is 0.278 e. The number of carbonyl (C=O) groups excluding carboxylic acids is 1. The van der Waals surface area contributed by atoms with Gasteiger partial charge in [-0.1, -0.05) is 30.3 Å². The highest BCUT2D eigenvalue weighted by molar-refractivity contribution is 5.88. The average molecular weight is 383 g/mol. The quantitative estimate of drug-likeness (QED) is 0.788. The van der Waals surface area contributed by atoms with Crippen molar-refractivity contribution in [2.24, 2.45) is 0 Å². The second kappa shape index (κ2) is 8.14. The summed E-state index contributed by atoms with van der Waals surface area (Å²) in [6, 6.07) is 10.1. The number of carbonyl (C=O) groups is 1. The zero-order valence-corrected chi connectivity index (χ0v) is 16.0. The zero-order valence-electron chi connectivity index (χ0n) is 16.0. The van der Waals surface area contributed by atoms with Crippen LogP contribution in [0.1, 0.15) is 24.8 Å². The maximum atomic E-state index is 13.6. The highest BCUT2D eigenvalue weighted by atomic mass is 16.5. The largest absolute Gasteiger partial charge is 0.477 e. The van der Waals surface area contributed by atoms with Crippen LogP contribution in [0.15, 0.2) is 42.7 Å². The molecule has 2 aromatic rings. The number of amides is 1. The third-order valence-corrected chi connectivity index (χ3v) is 5.62. The van der Waals surface area contributed by atoms with Gasteiger partial charge in [-0.15, -0.1) is 0 Å². The van der Waals surface area contributed by atoms with E-state index in [1.165, 1.54) is 7.11 Å². The molecule has 2 fully saturated rings. The Bertz CT molecular complexity index is 808. The Morgan fingerprint density at radius 3 is 2.57 bits per heavy atom. The number of hydrogen-bond acceptors (Lipinski definition) is 6. The van der Waals surface area contributed by atoms with E-state index >= 15 is 0 Å². The molecule has 1 aromatic heterocycles. The minimum atomic E-state index is -0.515. The molecule has 7 nitrogen and oxygen atoms in total. The number of rotatable bonds is 5. The summed E-state index contributed by atoms with van der Waals surface area (Å²) < 4.78 is 16.8. The van der Waals surface area contributed by atoms with Crippen LogP contribution in [0.4, 0.5) is 0 Å². The van der Waals surface area contributed by atoms with Crippen LogP contribution in [0.5, 0.6) is 11.8 Å². The van der Waals surface area contributed by atoms with E-state index in [1.807, 2.05) is 23.1 Å². The van der Waals surface area contributed by atoms with E-state index in [9.17, 15) is 4.79 Å². The smallest absolute Gasteiger partial charge is 0.278 e. The summed E-state index contributed by atoms with van der Waals surface area (Å²) in [5.41, 5.74) is 0.557. The second-order valence-electron chi connectivity index (χ2n) is 7.21. The molecule has 1 aromatic carbocycles. The van der Waals surface area contributed by atoms with Gasteiger partial charge in [0.25, 0.3) is 11.8 Å². The van der Waals surface area contributed by atoms with Crippen molar-refractivity contribution in [1.82, 2.24) is 14.9 Å². The number of ether oxygens (including phenoxy) is 3. The molecule has 7 heteroatoms. The number of aromatic nitrogens is 2. The van der Waals surface area contributed by atoms with E-state index in [0.717, 1.165) is 12.0 Å². The van der Waals surface area contributed by atoms with Gasteiger partial charge in [0.1, 0.15) is 6.10 Å². The molecule has 0 N–H and O–H groups in total. The second-order valence-corrected chi connectivity index (χ2v) is 7.21. The summed E-state index contributed by atoms with van der Waals surface area (Å²) in [6.45, 7) is 2.41. The fourth-order valence-corrected chi connectivity index (χ4v) is 4.11. The third-order valence-electron chi connectivity index (χ3n) is 5.62. The number of nitrogens with zero attached hydrogens (tertiary/aromatic N) is 3. The lowest BCUT2D eigenvalue weighted by Gasteiger charge is -2.39. The highest BCUT2D eigenvalue weighted by Crippen LogP contribution is 2.38. The molecule has 0 aliphatic carbocycles. The SMILES string of the molecule is COc1nccnc1O[C@H]1CCN(C(=O)C2(c3ccccc3)CCOCC2)C1. The van der Waals surface area contributed by atoms with Crippen molar-refractivity contribution in [3.8, 4) is 11.8 Å². The van der Waals surface area contributed by atoms with Gasteiger partial charge >= 0.3 is 0 Å². The molecule has 148 valence electrons. The van der Waals surface area contributed by atoms with Gasteiger partial charge in [0.2, 0.25) is 5.91 Å². The Kier molecular flexibility index (Phi) is 5.43. The standard InChI is InChI=1S/C21H25N3O4/c1-26-18-19(23-11-10-22-18)28-17-7-12-24(15-17)20(25)21(8-13-27-14-9-21)16-5-3-2-4-6-16/h2-6,10-11,17H,7-9,12-15H2,1H3/t17-/m0/s1. The fourth-order valence-electron chi connectivity index (χ4n) is 4.11. The first-order valence-electron chi connectivity index (χ1n) is 9.67. The predicted molar refractivity (Wildman–Crippen MR) is 102 cm³/mol. The van der Waals surface area contributed by atoms with Crippen molar-refractivity contribution < 1.29 is 19.0 Å². The number of hydrogen-bond donors (Lipinski definition) is 0. The first-order chi connectivity index (χ1) is 13.7. The van der Waals surface area contributed by atoms with Crippen molar-refractivity contribution in [3.63, 3.8) is 0 Å². The number of likely N-dealkylation sites (tertiary alicyclic amines) is 1. The predicted octanol–water partition coefficient (Wildman–Crippen LogP) is 2.21. The summed E-state index contributed by atoms with van der Waals surface area (Å²) in [4.78, 5) is 23.8. The summed E-state index contributed by atoms with van der Waals surface area (Å²) >= 11 is 0. The molecule has 0 radical (unpaired) electrons. The topological polar surface area (TPSA) is 73.8 Å². The Hall–Kier alpha value is -2.67. The Labute approximate surface area is 164 Å². The Balaban J connectivity index is 1.50. The monoisotopic (exact) mass is 383 g/mol. The first-order valence-corrected chi connectivity index (χ1v) is 9.67. The van der Waals surface area contributed by atoms with Crippen LogP contribution >= 0.6 is 0 Å². The van der Waals surface area contributed by atoms with E-state index in [0.29, 0.717) is 50.9 Å². The van der Waals surface area contributed by atoms with E-state index in [-0.39, 0.29) is 12.0 Å². The lowest BCUT2D eigenvalue weighted by Crippen LogP contribution is -2.49. The molecule has 2 saturated heterocycles. The Morgan fingerprint density at radius 1 is 1.14 bits per heavy atom. The van der Waals surface area contributed by atoms with Crippen LogP contribution < -0.4 is 9.47 Å². The van der Waals surface area contributed by atoms with Gasteiger partial charge in [0.05, 0.1) is 19.1 Å². The summed E-state index contributed by atoms with van der Waals surface area (Å²) in [7, 11) is 1.54. The van der Waals surface area contributed by atoms with Crippen LogP contribution in [-0.2, 0) is 14.9 Å². The maximum absolute atomic E-state index is 13.6. The van der Waals surface area contributed by atoms with Crippen molar-refractivity contribution >= 4 is 5.91 Å². The van der Waals surface area contributed by atoms with Crippen molar-refractivity contribution in [3.05, 3.63) is 48.3 Å².